The van der Waals surface area contributed by atoms with Crippen LogP contribution in [0.1, 0.15) is 44.7 Å². The maximum Gasteiger partial charge on any atom is 0.252 e. The van der Waals surface area contributed by atoms with E-state index in [0.717, 1.165) is 28.2 Å². The number of hydrogen-bond donors (Lipinski definition) is 0. The molecule has 0 saturated heterocycles. The molecule has 0 spiro atoms. The lowest BCUT2D eigenvalue weighted by atomic mass is 10.0. The summed E-state index contributed by atoms with van der Waals surface area (Å²) in [5.74, 6) is 1.17. The van der Waals surface area contributed by atoms with E-state index in [1.54, 1.807) is 11.3 Å². The van der Waals surface area contributed by atoms with Gasteiger partial charge in [-0.2, -0.15) is 4.99 Å². The van der Waals surface area contributed by atoms with Gasteiger partial charge in [-0.15, -0.1) is 0 Å². The number of fused-ring (bicyclic) bond motifs is 1. The van der Waals surface area contributed by atoms with Crippen LogP contribution in [0.2, 0.25) is 0 Å². The minimum atomic E-state index is -0.128. The Kier molecular flexibility index (Phi) is 6.11. The molecule has 1 heterocycles. The van der Waals surface area contributed by atoms with Crippen molar-refractivity contribution < 1.29 is 9.53 Å². The Balaban J connectivity index is 1.88. The molecule has 3 aromatic rings. The summed E-state index contributed by atoms with van der Waals surface area (Å²) >= 11 is 1.58. The highest BCUT2D eigenvalue weighted by atomic mass is 32.1. The van der Waals surface area contributed by atoms with Gasteiger partial charge in [-0.05, 0) is 55.2 Å². The van der Waals surface area contributed by atoms with Crippen LogP contribution < -0.4 is 9.54 Å². The Hall–Kier alpha value is -2.40. The van der Waals surface area contributed by atoms with Gasteiger partial charge in [0.15, 0.2) is 4.80 Å². The van der Waals surface area contributed by atoms with Crippen LogP contribution in [0.3, 0.4) is 0 Å². The summed E-state index contributed by atoms with van der Waals surface area (Å²) in [7, 11) is 0. The van der Waals surface area contributed by atoms with E-state index in [9.17, 15) is 4.79 Å². The van der Waals surface area contributed by atoms with Crippen LogP contribution in [0.5, 0.6) is 5.75 Å². The lowest BCUT2D eigenvalue weighted by Gasteiger charge is -2.05. The normalized spacial score (nSPS) is 12.1. The van der Waals surface area contributed by atoms with Crippen LogP contribution in [0.15, 0.2) is 47.5 Å². The number of benzene rings is 2. The van der Waals surface area contributed by atoms with Crippen LogP contribution >= 0.6 is 11.3 Å². The standard InChI is InChI=1S/C22H26N2O2S/c1-5-24-19-12-9-17(15(3)4)14-20(19)27-22(24)23-21(25)13-16-7-10-18(11-8-16)26-6-2/h7-12,14-15H,5-6,13H2,1-4H3. The predicted octanol–water partition coefficient (Wildman–Crippen LogP) is 4.91. The maximum absolute atomic E-state index is 12.5. The fourth-order valence-corrected chi connectivity index (χ4v) is 4.19. The second-order valence-electron chi connectivity index (χ2n) is 6.77. The molecular formula is C22H26N2O2S. The molecule has 0 saturated carbocycles. The SMILES string of the molecule is CCOc1ccc(CC(=O)N=c2sc3cc(C(C)C)ccc3n2CC)cc1. The quantitative estimate of drug-likeness (QED) is 0.608. The Morgan fingerprint density at radius 2 is 1.89 bits per heavy atom. The average Bonchev–Trinajstić information content (AvgIpc) is 2.99. The Morgan fingerprint density at radius 3 is 2.52 bits per heavy atom. The number of aryl methyl sites for hydroxylation is 1. The van der Waals surface area contributed by atoms with Gasteiger partial charge >= 0.3 is 0 Å². The molecule has 27 heavy (non-hydrogen) atoms. The summed E-state index contributed by atoms with van der Waals surface area (Å²) in [5.41, 5.74) is 3.39. The van der Waals surface area contributed by atoms with E-state index in [4.69, 9.17) is 4.74 Å². The number of carbonyl (C=O) groups is 1. The molecule has 0 bridgehead atoms. The second kappa shape index (κ2) is 8.53. The van der Waals surface area contributed by atoms with E-state index in [0.29, 0.717) is 18.9 Å². The van der Waals surface area contributed by atoms with Crippen molar-refractivity contribution in [3.63, 3.8) is 0 Å². The van der Waals surface area contributed by atoms with Crippen molar-refractivity contribution in [2.45, 2.75) is 46.6 Å². The zero-order valence-corrected chi connectivity index (χ0v) is 17.2. The molecule has 5 heteroatoms. The van der Waals surface area contributed by atoms with Crippen LogP contribution in [-0.2, 0) is 17.8 Å². The van der Waals surface area contributed by atoms with E-state index >= 15 is 0 Å². The van der Waals surface area contributed by atoms with Crippen molar-refractivity contribution in [3.8, 4) is 5.75 Å². The smallest absolute Gasteiger partial charge is 0.252 e. The molecule has 0 radical (unpaired) electrons. The third-order valence-electron chi connectivity index (χ3n) is 4.50. The highest BCUT2D eigenvalue weighted by molar-refractivity contribution is 7.16. The van der Waals surface area contributed by atoms with Gasteiger partial charge in [0, 0.05) is 6.54 Å². The molecule has 2 aromatic carbocycles. The summed E-state index contributed by atoms with van der Waals surface area (Å²) in [4.78, 5) is 17.7. The van der Waals surface area contributed by atoms with Crippen molar-refractivity contribution in [3.05, 3.63) is 58.4 Å². The number of amides is 1. The van der Waals surface area contributed by atoms with Crippen LogP contribution in [0.4, 0.5) is 0 Å². The first-order chi connectivity index (χ1) is 13.0. The molecule has 1 aromatic heterocycles. The number of aromatic nitrogens is 1. The van der Waals surface area contributed by atoms with E-state index in [-0.39, 0.29) is 5.91 Å². The first-order valence-corrected chi connectivity index (χ1v) is 10.3. The van der Waals surface area contributed by atoms with Gasteiger partial charge in [0.25, 0.3) is 5.91 Å². The summed E-state index contributed by atoms with van der Waals surface area (Å²) in [6.07, 6.45) is 0.293. The third-order valence-corrected chi connectivity index (χ3v) is 5.54. The van der Waals surface area contributed by atoms with E-state index < -0.39 is 0 Å². The first-order valence-electron chi connectivity index (χ1n) is 9.44. The molecule has 0 aliphatic heterocycles. The maximum atomic E-state index is 12.5. The van der Waals surface area contributed by atoms with Gasteiger partial charge < -0.3 is 9.30 Å². The monoisotopic (exact) mass is 382 g/mol. The molecule has 3 rings (SSSR count). The zero-order chi connectivity index (χ0) is 19.4. The first kappa shape index (κ1) is 19.4. The largest absolute Gasteiger partial charge is 0.494 e. The fourth-order valence-electron chi connectivity index (χ4n) is 3.03. The van der Waals surface area contributed by atoms with Gasteiger partial charge in [0.2, 0.25) is 0 Å². The van der Waals surface area contributed by atoms with Gasteiger partial charge in [0.05, 0.1) is 23.2 Å². The number of thiazole rings is 1. The minimum Gasteiger partial charge on any atom is -0.494 e. The van der Waals surface area contributed by atoms with Crippen LogP contribution in [-0.4, -0.2) is 17.1 Å². The number of ether oxygens (including phenoxy) is 1. The molecule has 1 amide bonds. The van der Waals surface area contributed by atoms with Gasteiger partial charge in [-0.25, -0.2) is 0 Å². The number of hydrogen-bond acceptors (Lipinski definition) is 3. The van der Waals surface area contributed by atoms with E-state index in [1.807, 2.05) is 31.2 Å². The molecule has 0 N–H and O–H groups in total. The molecule has 0 aliphatic rings. The van der Waals surface area contributed by atoms with Crippen molar-refractivity contribution in [2.75, 3.05) is 6.61 Å². The molecule has 0 aliphatic carbocycles. The topological polar surface area (TPSA) is 43.6 Å². The molecule has 4 nitrogen and oxygen atoms in total. The van der Waals surface area contributed by atoms with Crippen molar-refractivity contribution in [1.29, 1.82) is 0 Å². The molecule has 142 valence electrons. The summed E-state index contributed by atoms with van der Waals surface area (Å²) in [5, 5.41) is 0. The molecule has 0 atom stereocenters. The Labute approximate surface area is 164 Å². The van der Waals surface area contributed by atoms with Gasteiger partial charge in [0.1, 0.15) is 5.75 Å². The zero-order valence-electron chi connectivity index (χ0n) is 16.4. The Bertz CT molecular complexity index is 997. The number of carbonyl (C=O) groups excluding carboxylic acids is 1. The third kappa shape index (κ3) is 4.48. The van der Waals surface area contributed by atoms with E-state index in [1.165, 1.54) is 10.3 Å². The van der Waals surface area contributed by atoms with Crippen LogP contribution in [0, 0.1) is 0 Å². The molecular weight excluding hydrogens is 356 g/mol. The number of rotatable bonds is 6. The lowest BCUT2D eigenvalue weighted by molar-refractivity contribution is -0.117. The van der Waals surface area contributed by atoms with E-state index in [2.05, 4.69) is 48.5 Å². The van der Waals surface area contributed by atoms with Crippen molar-refractivity contribution >= 4 is 27.5 Å². The molecule has 0 fully saturated rings. The fraction of sp³-hybridized carbons (Fsp3) is 0.364. The predicted molar refractivity (Wildman–Crippen MR) is 111 cm³/mol. The second-order valence-corrected chi connectivity index (χ2v) is 7.78. The van der Waals surface area contributed by atoms with Crippen LogP contribution in [0.25, 0.3) is 10.2 Å². The highest BCUT2D eigenvalue weighted by Crippen LogP contribution is 2.23. The van der Waals surface area contributed by atoms with Crippen molar-refractivity contribution in [1.82, 2.24) is 4.57 Å². The average molecular weight is 383 g/mol. The van der Waals surface area contributed by atoms with Gasteiger partial charge in [-0.1, -0.05) is 43.4 Å². The summed E-state index contributed by atoms with van der Waals surface area (Å²) in [6.45, 7) is 9.83. The summed E-state index contributed by atoms with van der Waals surface area (Å²) < 4.78 is 8.73. The molecule has 0 unspecified atom stereocenters. The highest BCUT2D eigenvalue weighted by Gasteiger charge is 2.09. The summed E-state index contributed by atoms with van der Waals surface area (Å²) in [6, 6.07) is 14.2. The Morgan fingerprint density at radius 1 is 1.15 bits per heavy atom. The number of nitrogens with zero attached hydrogens (tertiary/aromatic N) is 2. The minimum absolute atomic E-state index is 0.128. The lowest BCUT2D eigenvalue weighted by Crippen LogP contribution is -2.16. The van der Waals surface area contributed by atoms with Gasteiger partial charge in [-0.3, -0.25) is 4.79 Å². The van der Waals surface area contributed by atoms with Crippen molar-refractivity contribution in [2.24, 2.45) is 4.99 Å².